The van der Waals surface area contributed by atoms with Crippen LogP contribution in [0.25, 0.3) is 10.8 Å². The lowest BCUT2D eigenvalue weighted by Crippen LogP contribution is -2.31. The maximum Gasteiger partial charge on any atom is 0.269 e. The number of benzene rings is 1. The maximum absolute atomic E-state index is 11.8. The Bertz CT molecular complexity index is 569. The summed E-state index contributed by atoms with van der Waals surface area (Å²) >= 11 is 0. The normalized spacial score (nSPS) is 10.0. The van der Waals surface area contributed by atoms with Crippen LogP contribution in [0.5, 0.6) is 0 Å². The fourth-order valence-electron chi connectivity index (χ4n) is 1.61. The third kappa shape index (κ3) is 2.82. The standard InChI is InChI=1S/C13H13N3O2/c17-9-14-5-6-15-13(18)12-7-10-3-1-2-4-11(10)8-16-12/h1-4,7-9H,5-6H2,(H,14,17)(H,15,18). The summed E-state index contributed by atoms with van der Waals surface area (Å²) in [6.07, 6.45) is 2.27. The Morgan fingerprint density at radius 2 is 2.00 bits per heavy atom. The predicted molar refractivity (Wildman–Crippen MR) is 68.1 cm³/mol. The first-order valence-corrected chi connectivity index (χ1v) is 5.61. The van der Waals surface area contributed by atoms with E-state index in [1.807, 2.05) is 24.3 Å². The van der Waals surface area contributed by atoms with Gasteiger partial charge >= 0.3 is 0 Å². The van der Waals surface area contributed by atoms with Gasteiger partial charge in [-0.05, 0) is 11.5 Å². The smallest absolute Gasteiger partial charge is 0.269 e. The zero-order chi connectivity index (χ0) is 12.8. The Morgan fingerprint density at radius 3 is 2.78 bits per heavy atom. The quantitative estimate of drug-likeness (QED) is 0.600. The van der Waals surface area contributed by atoms with Crippen LogP contribution < -0.4 is 10.6 Å². The molecule has 0 spiro atoms. The molecule has 0 aliphatic carbocycles. The molecule has 92 valence electrons. The number of nitrogens with one attached hydrogen (secondary N) is 2. The average molecular weight is 243 g/mol. The van der Waals surface area contributed by atoms with E-state index in [0.29, 0.717) is 25.2 Å². The average Bonchev–Trinajstić information content (AvgIpc) is 2.43. The maximum atomic E-state index is 11.8. The molecule has 0 radical (unpaired) electrons. The number of nitrogens with zero attached hydrogens (tertiary/aromatic N) is 1. The van der Waals surface area contributed by atoms with Gasteiger partial charge in [-0.1, -0.05) is 24.3 Å². The largest absolute Gasteiger partial charge is 0.357 e. The van der Waals surface area contributed by atoms with Crippen molar-refractivity contribution in [1.82, 2.24) is 15.6 Å². The van der Waals surface area contributed by atoms with Gasteiger partial charge < -0.3 is 10.6 Å². The highest BCUT2D eigenvalue weighted by atomic mass is 16.2. The second-order valence-corrected chi connectivity index (χ2v) is 3.74. The minimum absolute atomic E-state index is 0.242. The van der Waals surface area contributed by atoms with Crippen LogP contribution in [0.15, 0.2) is 36.5 Å². The number of amides is 2. The molecule has 1 aromatic carbocycles. The molecule has 0 atom stereocenters. The fourth-order valence-corrected chi connectivity index (χ4v) is 1.61. The Balaban J connectivity index is 2.06. The summed E-state index contributed by atoms with van der Waals surface area (Å²) in [5.41, 5.74) is 0.375. The van der Waals surface area contributed by atoms with Gasteiger partial charge in [0.05, 0.1) is 0 Å². The van der Waals surface area contributed by atoms with Crippen molar-refractivity contribution >= 4 is 23.1 Å². The van der Waals surface area contributed by atoms with Gasteiger partial charge in [0.2, 0.25) is 6.41 Å². The van der Waals surface area contributed by atoms with Crippen LogP contribution in [-0.2, 0) is 4.79 Å². The topological polar surface area (TPSA) is 71.1 Å². The molecule has 0 aliphatic heterocycles. The highest BCUT2D eigenvalue weighted by molar-refractivity contribution is 5.96. The van der Waals surface area contributed by atoms with Gasteiger partial charge in [-0.15, -0.1) is 0 Å². The van der Waals surface area contributed by atoms with Crippen molar-refractivity contribution in [2.75, 3.05) is 13.1 Å². The van der Waals surface area contributed by atoms with Gasteiger partial charge in [0.15, 0.2) is 0 Å². The summed E-state index contributed by atoms with van der Waals surface area (Å²) in [6, 6.07) is 9.46. The van der Waals surface area contributed by atoms with Crippen molar-refractivity contribution in [3.05, 3.63) is 42.2 Å². The first-order valence-electron chi connectivity index (χ1n) is 5.61. The second-order valence-electron chi connectivity index (χ2n) is 3.74. The monoisotopic (exact) mass is 243 g/mol. The molecule has 5 nitrogen and oxygen atoms in total. The summed E-state index contributed by atoms with van der Waals surface area (Å²) in [4.78, 5) is 25.9. The zero-order valence-electron chi connectivity index (χ0n) is 9.72. The summed E-state index contributed by atoms with van der Waals surface area (Å²) in [5, 5.41) is 7.12. The van der Waals surface area contributed by atoms with E-state index in [2.05, 4.69) is 15.6 Å². The lowest BCUT2D eigenvalue weighted by Gasteiger charge is -2.05. The van der Waals surface area contributed by atoms with Crippen LogP contribution in [0.3, 0.4) is 0 Å². The van der Waals surface area contributed by atoms with Crippen LogP contribution in [0.1, 0.15) is 10.5 Å². The number of aromatic nitrogens is 1. The summed E-state index contributed by atoms with van der Waals surface area (Å²) in [5.74, 6) is -0.242. The van der Waals surface area contributed by atoms with E-state index in [1.54, 1.807) is 12.3 Å². The molecule has 0 bridgehead atoms. The van der Waals surface area contributed by atoms with E-state index in [1.165, 1.54) is 0 Å². The van der Waals surface area contributed by atoms with E-state index >= 15 is 0 Å². The van der Waals surface area contributed by atoms with Crippen molar-refractivity contribution in [3.63, 3.8) is 0 Å². The van der Waals surface area contributed by atoms with Crippen LogP contribution in [-0.4, -0.2) is 30.4 Å². The third-order valence-corrected chi connectivity index (χ3v) is 2.50. The first kappa shape index (κ1) is 12.0. The number of carbonyl (C=O) groups excluding carboxylic acids is 2. The summed E-state index contributed by atoms with van der Waals surface area (Å²) < 4.78 is 0. The summed E-state index contributed by atoms with van der Waals surface area (Å²) in [6.45, 7) is 0.787. The number of hydrogen-bond donors (Lipinski definition) is 2. The van der Waals surface area contributed by atoms with Crippen molar-refractivity contribution in [2.24, 2.45) is 0 Å². The van der Waals surface area contributed by atoms with Crippen molar-refractivity contribution in [1.29, 1.82) is 0 Å². The number of fused-ring (bicyclic) bond motifs is 1. The molecule has 18 heavy (non-hydrogen) atoms. The van der Waals surface area contributed by atoms with Crippen LogP contribution >= 0.6 is 0 Å². The Labute approximate surface area is 104 Å². The zero-order valence-corrected chi connectivity index (χ0v) is 9.72. The van der Waals surface area contributed by atoms with Crippen LogP contribution in [0.4, 0.5) is 0 Å². The van der Waals surface area contributed by atoms with E-state index in [0.717, 1.165) is 10.8 Å². The molecule has 5 heteroatoms. The van der Waals surface area contributed by atoms with Crippen LogP contribution in [0, 0.1) is 0 Å². The molecule has 0 saturated heterocycles. The molecule has 0 aliphatic rings. The Hall–Kier alpha value is -2.43. The lowest BCUT2D eigenvalue weighted by molar-refractivity contribution is -0.109. The van der Waals surface area contributed by atoms with Crippen molar-refractivity contribution in [3.8, 4) is 0 Å². The second kappa shape index (κ2) is 5.77. The van der Waals surface area contributed by atoms with Gasteiger partial charge in [-0.3, -0.25) is 14.6 Å². The molecule has 1 heterocycles. The molecule has 1 aromatic heterocycles. The van der Waals surface area contributed by atoms with E-state index in [4.69, 9.17) is 0 Å². The molecular formula is C13H13N3O2. The Kier molecular flexibility index (Phi) is 3.86. The van der Waals surface area contributed by atoms with Crippen molar-refractivity contribution in [2.45, 2.75) is 0 Å². The minimum Gasteiger partial charge on any atom is -0.357 e. The molecular weight excluding hydrogens is 230 g/mol. The number of hydrogen-bond acceptors (Lipinski definition) is 3. The van der Waals surface area contributed by atoms with E-state index in [9.17, 15) is 9.59 Å². The number of pyridine rings is 1. The molecule has 2 rings (SSSR count). The molecule has 2 N–H and O–H groups in total. The van der Waals surface area contributed by atoms with Crippen molar-refractivity contribution < 1.29 is 9.59 Å². The highest BCUT2D eigenvalue weighted by Crippen LogP contribution is 2.12. The third-order valence-electron chi connectivity index (χ3n) is 2.50. The Morgan fingerprint density at radius 1 is 1.22 bits per heavy atom. The molecule has 0 fully saturated rings. The molecule has 2 aromatic rings. The first-order chi connectivity index (χ1) is 8.81. The molecule has 0 unspecified atom stereocenters. The minimum atomic E-state index is -0.242. The van der Waals surface area contributed by atoms with E-state index in [-0.39, 0.29) is 5.91 Å². The lowest BCUT2D eigenvalue weighted by atomic mass is 10.1. The van der Waals surface area contributed by atoms with Gasteiger partial charge in [0.1, 0.15) is 5.69 Å². The number of carbonyl (C=O) groups is 2. The fraction of sp³-hybridized carbons (Fsp3) is 0.154. The highest BCUT2D eigenvalue weighted by Gasteiger charge is 2.06. The van der Waals surface area contributed by atoms with Gasteiger partial charge in [0.25, 0.3) is 5.91 Å². The van der Waals surface area contributed by atoms with Gasteiger partial charge in [0, 0.05) is 24.7 Å². The van der Waals surface area contributed by atoms with Gasteiger partial charge in [-0.2, -0.15) is 0 Å². The van der Waals surface area contributed by atoms with E-state index < -0.39 is 0 Å². The molecule has 2 amide bonds. The summed E-state index contributed by atoms with van der Waals surface area (Å²) in [7, 11) is 0. The predicted octanol–water partition coefficient (Wildman–Crippen LogP) is 0.711. The number of rotatable bonds is 5. The SMILES string of the molecule is O=CNCCNC(=O)c1cc2ccccc2cn1. The van der Waals surface area contributed by atoms with Crippen LogP contribution in [0.2, 0.25) is 0 Å². The molecule has 0 saturated carbocycles. The van der Waals surface area contributed by atoms with Gasteiger partial charge in [-0.25, -0.2) is 0 Å².